The third-order valence-corrected chi connectivity index (χ3v) is 4.37. The number of aliphatic carboxylic acids is 1. The minimum Gasteiger partial charge on any atom is -0.480 e. The van der Waals surface area contributed by atoms with Gasteiger partial charge >= 0.3 is 5.97 Å². The maximum atomic E-state index is 12.1. The number of hydrogen-bond acceptors (Lipinski definition) is 5. The van der Waals surface area contributed by atoms with E-state index in [2.05, 4.69) is 0 Å². The van der Waals surface area contributed by atoms with Crippen molar-refractivity contribution in [1.29, 1.82) is 0 Å². The van der Waals surface area contributed by atoms with E-state index < -0.39 is 23.7 Å². The lowest BCUT2D eigenvalue weighted by Crippen LogP contribution is -2.41. The van der Waals surface area contributed by atoms with E-state index in [1.165, 1.54) is 28.8 Å². The number of furan rings is 1. The predicted octanol–water partition coefficient (Wildman–Crippen LogP) is 2.34. The molecule has 0 saturated carbocycles. The second-order valence-corrected chi connectivity index (χ2v) is 5.94. The second-order valence-electron chi connectivity index (χ2n) is 3.97. The summed E-state index contributed by atoms with van der Waals surface area (Å²) in [6.07, 6.45) is 0. The zero-order valence-corrected chi connectivity index (χ0v) is 11.8. The minimum atomic E-state index is -2.51. The van der Waals surface area contributed by atoms with Crippen molar-refractivity contribution < 1.29 is 27.9 Å². The summed E-state index contributed by atoms with van der Waals surface area (Å²) in [7, 11) is 0. The van der Waals surface area contributed by atoms with Crippen LogP contribution >= 0.6 is 23.5 Å². The molecule has 1 saturated heterocycles. The first-order valence-electron chi connectivity index (χ1n) is 5.59. The molecule has 0 bridgehead atoms. The lowest BCUT2D eigenvalue weighted by molar-refractivity contribution is -0.140. The van der Waals surface area contributed by atoms with Crippen LogP contribution in [0.3, 0.4) is 0 Å². The van der Waals surface area contributed by atoms with Gasteiger partial charge in [-0.2, -0.15) is 8.78 Å². The molecule has 1 N–H and O–H groups in total. The molecule has 2 rings (SSSR count). The van der Waals surface area contributed by atoms with E-state index in [4.69, 9.17) is 9.52 Å². The molecule has 2 heterocycles. The maximum absolute atomic E-state index is 12.1. The number of carboxylic acid groups (broad SMARTS) is 1. The van der Waals surface area contributed by atoms with E-state index in [0.29, 0.717) is 17.5 Å². The number of amides is 1. The van der Waals surface area contributed by atoms with Crippen LogP contribution in [0.2, 0.25) is 0 Å². The van der Waals surface area contributed by atoms with Gasteiger partial charge in [0.2, 0.25) is 0 Å². The number of carbonyl (C=O) groups excluding carboxylic acids is 1. The number of alkyl halides is 2. The number of thioether (sulfide) groups is 2. The minimum absolute atomic E-state index is 0.0244. The molecule has 20 heavy (non-hydrogen) atoms. The second kappa shape index (κ2) is 6.49. The van der Waals surface area contributed by atoms with Crippen molar-refractivity contribution in [3.8, 4) is 0 Å². The van der Waals surface area contributed by atoms with E-state index >= 15 is 0 Å². The van der Waals surface area contributed by atoms with Crippen molar-refractivity contribution in [2.75, 3.05) is 11.6 Å². The number of halogens is 2. The molecule has 110 valence electrons. The van der Waals surface area contributed by atoms with E-state index in [-0.39, 0.29) is 23.2 Å². The molecule has 1 aliphatic heterocycles. The van der Waals surface area contributed by atoms with E-state index in [9.17, 15) is 18.4 Å². The Bertz CT molecular complexity index is 508. The van der Waals surface area contributed by atoms with Crippen LogP contribution in [0.5, 0.6) is 0 Å². The molecular weight excluding hydrogens is 312 g/mol. The van der Waals surface area contributed by atoms with Gasteiger partial charge in [0.05, 0.1) is 11.6 Å². The molecule has 0 aromatic carbocycles. The van der Waals surface area contributed by atoms with Gasteiger partial charge < -0.3 is 14.4 Å². The largest absolute Gasteiger partial charge is 0.480 e. The van der Waals surface area contributed by atoms with Gasteiger partial charge in [-0.05, 0) is 12.1 Å². The summed E-state index contributed by atoms with van der Waals surface area (Å²) >= 11 is 1.74. The molecule has 1 aromatic rings. The summed E-state index contributed by atoms with van der Waals surface area (Å²) in [6.45, 7) is 0. The Morgan fingerprint density at radius 3 is 2.95 bits per heavy atom. The van der Waals surface area contributed by atoms with Crippen molar-refractivity contribution in [1.82, 2.24) is 4.90 Å². The molecule has 0 unspecified atom stereocenters. The fourth-order valence-electron chi connectivity index (χ4n) is 1.70. The molecule has 0 aliphatic carbocycles. The Labute approximate surface area is 121 Å². The van der Waals surface area contributed by atoms with E-state index in [1.807, 2.05) is 0 Å². The average molecular weight is 323 g/mol. The molecule has 1 aliphatic rings. The first kappa shape index (κ1) is 15.2. The summed E-state index contributed by atoms with van der Waals surface area (Å²) in [4.78, 5) is 24.3. The number of carboxylic acids is 1. The van der Waals surface area contributed by atoms with Gasteiger partial charge in [0.1, 0.15) is 11.8 Å². The zero-order valence-electron chi connectivity index (χ0n) is 10.1. The SMILES string of the molecule is O=C(O)[C@@H]1CSCN1C(=O)c1ccc(CSC(F)F)o1. The smallest absolute Gasteiger partial charge is 0.327 e. The quantitative estimate of drug-likeness (QED) is 0.897. The van der Waals surface area contributed by atoms with Crippen LogP contribution in [0, 0.1) is 0 Å². The van der Waals surface area contributed by atoms with Crippen LogP contribution in [-0.4, -0.2) is 45.3 Å². The van der Waals surface area contributed by atoms with Crippen molar-refractivity contribution in [3.05, 3.63) is 23.7 Å². The number of rotatable bonds is 5. The Hall–Kier alpha value is -1.22. The standard InChI is InChI=1S/C11H11F2NO4S2/c12-11(13)20-3-6-1-2-8(18-6)9(15)14-5-19-4-7(14)10(16)17/h1-2,7,11H,3-5H2,(H,16,17)/t7-/m0/s1. The normalized spacial score (nSPS) is 18.8. The molecule has 9 heteroatoms. The maximum Gasteiger partial charge on any atom is 0.327 e. The fourth-order valence-corrected chi connectivity index (χ4v) is 3.29. The Morgan fingerprint density at radius 2 is 2.30 bits per heavy atom. The molecule has 1 amide bonds. The molecule has 0 radical (unpaired) electrons. The molecule has 0 spiro atoms. The Balaban J connectivity index is 2.04. The zero-order chi connectivity index (χ0) is 14.7. The highest BCUT2D eigenvalue weighted by molar-refractivity contribution is 7.99. The average Bonchev–Trinajstić information content (AvgIpc) is 3.04. The molecular formula is C11H11F2NO4S2. The van der Waals surface area contributed by atoms with Crippen molar-refractivity contribution in [3.63, 3.8) is 0 Å². The highest BCUT2D eigenvalue weighted by Gasteiger charge is 2.36. The van der Waals surface area contributed by atoms with Gasteiger partial charge in [0, 0.05) is 5.75 Å². The van der Waals surface area contributed by atoms with E-state index in [0.717, 1.165) is 0 Å². The third kappa shape index (κ3) is 3.45. The van der Waals surface area contributed by atoms with Gasteiger partial charge in [-0.15, -0.1) is 11.8 Å². The van der Waals surface area contributed by atoms with Crippen LogP contribution in [0.25, 0.3) is 0 Å². The first-order valence-corrected chi connectivity index (χ1v) is 7.79. The molecule has 5 nitrogen and oxygen atoms in total. The first-order chi connectivity index (χ1) is 9.49. The summed E-state index contributed by atoms with van der Waals surface area (Å²) in [5, 5.41) is 9.01. The van der Waals surface area contributed by atoms with Crippen molar-refractivity contribution in [2.24, 2.45) is 0 Å². The number of nitrogens with zero attached hydrogens (tertiary/aromatic N) is 1. The molecule has 1 fully saturated rings. The number of carbonyl (C=O) groups is 2. The lowest BCUT2D eigenvalue weighted by Gasteiger charge is -2.18. The number of hydrogen-bond donors (Lipinski definition) is 1. The Morgan fingerprint density at radius 1 is 1.55 bits per heavy atom. The molecule has 1 atom stereocenters. The van der Waals surface area contributed by atoms with Crippen LogP contribution in [0.4, 0.5) is 8.78 Å². The summed E-state index contributed by atoms with van der Waals surface area (Å²) < 4.78 is 29.3. The van der Waals surface area contributed by atoms with Crippen molar-refractivity contribution in [2.45, 2.75) is 17.6 Å². The highest BCUT2D eigenvalue weighted by atomic mass is 32.2. The highest BCUT2D eigenvalue weighted by Crippen LogP contribution is 2.25. The van der Waals surface area contributed by atoms with Crippen LogP contribution in [-0.2, 0) is 10.5 Å². The van der Waals surface area contributed by atoms with E-state index in [1.54, 1.807) is 0 Å². The summed E-state index contributed by atoms with van der Waals surface area (Å²) in [6, 6.07) is 1.95. The van der Waals surface area contributed by atoms with Gasteiger partial charge in [0.15, 0.2) is 5.76 Å². The van der Waals surface area contributed by atoms with Gasteiger partial charge in [-0.3, -0.25) is 4.79 Å². The summed E-state index contributed by atoms with van der Waals surface area (Å²) in [5.41, 5.74) is 0. The Kier molecular flexibility index (Phi) is 4.92. The molecule has 1 aromatic heterocycles. The van der Waals surface area contributed by atoms with Gasteiger partial charge in [-0.25, -0.2) is 4.79 Å². The lowest BCUT2D eigenvalue weighted by atomic mass is 10.3. The summed E-state index contributed by atoms with van der Waals surface area (Å²) in [5.74, 6) is -3.30. The van der Waals surface area contributed by atoms with Crippen LogP contribution in [0.1, 0.15) is 16.3 Å². The fraction of sp³-hybridized carbons (Fsp3) is 0.455. The van der Waals surface area contributed by atoms with Crippen molar-refractivity contribution >= 4 is 35.4 Å². The topological polar surface area (TPSA) is 70.8 Å². The monoisotopic (exact) mass is 323 g/mol. The van der Waals surface area contributed by atoms with Gasteiger partial charge in [-0.1, -0.05) is 11.8 Å². The van der Waals surface area contributed by atoms with Crippen LogP contribution in [0.15, 0.2) is 16.5 Å². The van der Waals surface area contributed by atoms with Crippen LogP contribution < -0.4 is 0 Å². The predicted molar refractivity (Wildman–Crippen MR) is 70.9 cm³/mol. The third-order valence-electron chi connectivity index (χ3n) is 2.65. The van der Waals surface area contributed by atoms with Gasteiger partial charge in [0.25, 0.3) is 11.7 Å².